The number of anilines is 1. The van der Waals surface area contributed by atoms with Gasteiger partial charge in [-0.2, -0.15) is 0 Å². The minimum absolute atomic E-state index is 0.0480. The highest BCUT2D eigenvalue weighted by Gasteiger charge is 2.20. The Morgan fingerprint density at radius 2 is 1.79 bits per heavy atom. The summed E-state index contributed by atoms with van der Waals surface area (Å²) in [5, 5.41) is 6.48. The monoisotopic (exact) mass is 395 g/mol. The molecule has 0 bridgehead atoms. The van der Waals surface area contributed by atoms with E-state index in [1.807, 2.05) is 54.6 Å². The molecule has 29 heavy (non-hydrogen) atoms. The van der Waals surface area contributed by atoms with E-state index in [4.69, 9.17) is 4.74 Å². The number of benzene rings is 2. The zero-order valence-corrected chi connectivity index (χ0v) is 17.6. The number of hydrogen-bond acceptors (Lipinski definition) is 4. The van der Waals surface area contributed by atoms with Crippen LogP contribution in [0.15, 0.2) is 54.6 Å². The molecule has 0 aromatic heterocycles. The number of rotatable bonds is 9. The molecule has 1 heterocycles. The Hall–Kier alpha value is -2.37. The summed E-state index contributed by atoms with van der Waals surface area (Å²) in [4.78, 5) is 15.5. The molecule has 1 fully saturated rings. The number of nitrogens with zero attached hydrogens (tertiary/aromatic N) is 1. The Bertz CT molecular complexity index is 740. The number of piperidine rings is 1. The second-order valence-corrected chi connectivity index (χ2v) is 7.89. The number of carbonyl (C=O) groups excluding carboxylic acids is 1. The van der Waals surface area contributed by atoms with E-state index >= 15 is 0 Å². The van der Waals surface area contributed by atoms with E-state index in [1.165, 1.54) is 25.9 Å². The SMILES string of the molecule is COc1ccc(NC(=O)C(NCCCN2CCC(C)CC2)c2ccccc2)cc1. The molecule has 1 unspecified atom stereocenters. The van der Waals surface area contributed by atoms with Gasteiger partial charge in [-0.25, -0.2) is 0 Å². The Kier molecular flexibility index (Phi) is 8.08. The number of hydrogen-bond donors (Lipinski definition) is 2. The van der Waals surface area contributed by atoms with Crippen molar-refractivity contribution in [2.24, 2.45) is 5.92 Å². The zero-order chi connectivity index (χ0) is 20.5. The molecule has 1 aliphatic heterocycles. The Morgan fingerprint density at radius 3 is 2.45 bits per heavy atom. The fourth-order valence-corrected chi connectivity index (χ4v) is 3.73. The largest absolute Gasteiger partial charge is 0.497 e. The minimum Gasteiger partial charge on any atom is -0.497 e. The number of carbonyl (C=O) groups is 1. The Morgan fingerprint density at radius 1 is 1.10 bits per heavy atom. The van der Waals surface area contributed by atoms with E-state index in [0.717, 1.165) is 42.4 Å². The molecule has 156 valence electrons. The predicted molar refractivity (Wildman–Crippen MR) is 118 cm³/mol. The molecule has 0 spiro atoms. The average molecular weight is 396 g/mol. The molecule has 1 saturated heterocycles. The molecule has 0 radical (unpaired) electrons. The topological polar surface area (TPSA) is 53.6 Å². The quantitative estimate of drug-likeness (QED) is 0.628. The van der Waals surface area contributed by atoms with Crippen LogP contribution >= 0.6 is 0 Å². The van der Waals surface area contributed by atoms with Crippen LogP contribution in [0.1, 0.15) is 37.8 Å². The molecule has 0 aliphatic carbocycles. The average Bonchev–Trinajstić information content (AvgIpc) is 2.76. The Labute approximate surface area is 174 Å². The van der Waals surface area contributed by atoms with Gasteiger partial charge in [-0.3, -0.25) is 4.79 Å². The molecule has 2 aromatic rings. The van der Waals surface area contributed by atoms with Crippen molar-refractivity contribution < 1.29 is 9.53 Å². The van der Waals surface area contributed by atoms with Gasteiger partial charge < -0.3 is 20.3 Å². The van der Waals surface area contributed by atoms with Crippen molar-refractivity contribution in [3.8, 4) is 5.75 Å². The first-order valence-electron chi connectivity index (χ1n) is 10.6. The van der Waals surface area contributed by atoms with Crippen LogP contribution < -0.4 is 15.4 Å². The van der Waals surface area contributed by atoms with Crippen LogP contribution in [0, 0.1) is 5.92 Å². The zero-order valence-electron chi connectivity index (χ0n) is 17.6. The summed E-state index contributed by atoms with van der Waals surface area (Å²) in [6.45, 7) is 6.62. The van der Waals surface area contributed by atoms with Crippen molar-refractivity contribution in [3.63, 3.8) is 0 Å². The fraction of sp³-hybridized carbons (Fsp3) is 0.458. The highest BCUT2D eigenvalue weighted by Crippen LogP contribution is 2.19. The third kappa shape index (κ3) is 6.58. The van der Waals surface area contributed by atoms with Crippen LogP contribution in [0.3, 0.4) is 0 Å². The maximum absolute atomic E-state index is 13.0. The van der Waals surface area contributed by atoms with Gasteiger partial charge in [0.25, 0.3) is 0 Å². The highest BCUT2D eigenvalue weighted by atomic mass is 16.5. The molecule has 2 N–H and O–H groups in total. The minimum atomic E-state index is -0.375. The summed E-state index contributed by atoms with van der Waals surface area (Å²) in [7, 11) is 1.63. The van der Waals surface area contributed by atoms with Crippen LogP contribution in [0.5, 0.6) is 5.75 Å². The van der Waals surface area contributed by atoms with Gasteiger partial charge in [0, 0.05) is 5.69 Å². The van der Waals surface area contributed by atoms with Gasteiger partial charge in [-0.1, -0.05) is 37.3 Å². The van der Waals surface area contributed by atoms with Gasteiger partial charge >= 0.3 is 0 Å². The molecule has 1 amide bonds. The molecule has 2 aromatic carbocycles. The van der Waals surface area contributed by atoms with Gasteiger partial charge in [0.2, 0.25) is 5.91 Å². The van der Waals surface area contributed by atoms with Crippen LogP contribution in [0.2, 0.25) is 0 Å². The number of methoxy groups -OCH3 is 1. The third-order valence-corrected chi connectivity index (χ3v) is 5.63. The van der Waals surface area contributed by atoms with Gasteiger partial charge in [-0.15, -0.1) is 0 Å². The van der Waals surface area contributed by atoms with E-state index in [0.29, 0.717) is 0 Å². The van der Waals surface area contributed by atoms with Crippen LogP contribution in [0.4, 0.5) is 5.69 Å². The molecule has 1 atom stereocenters. The Balaban J connectivity index is 1.55. The van der Waals surface area contributed by atoms with Crippen molar-refractivity contribution >= 4 is 11.6 Å². The summed E-state index contributed by atoms with van der Waals surface area (Å²) in [6, 6.07) is 16.9. The standard InChI is InChI=1S/C24H33N3O2/c1-19-13-17-27(18-14-19)16-6-15-25-23(20-7-4-3-5-8-20)24(28)26-21-9-11-22(29-2)12-10-21/h3-5,7-12,19,23,25H,6,13-18H2,1-2H3,(H,26,28). The fourth-order valence-electron chi connectivity index (χ4n) is 3.73. The highest BCUT2D eigenvalue weighted by molar-refractivity contribution is 5.95. The van der Waals surface area contributed by atoms with E-state index < -0.39 is 0 Å². The first-order chi connectivity index (χ1) is 14.2. The molecule has 5 heteroatoms. The van der Waals surface area contributed by atoms with Crippen molar-refractivity contribution in [1.82, 2.24) is 10.2 Å². The molecule has 0 saturated carbocycles. The van der Waals surface area contributed by atoms with Crippen molar-refractivity contribution in [2.45, 2.75) is 32.2 Å². The summed E-state index contributed by atoms with van der Waals surface area (Å²) in [6.07, 6.45) is 3.63. The van der Waals surface area contributed by atoms with E-state index in [-0.39, 0.29) is 11.9 Å². The molecular weight excluding hydrogens is 362 g/mol. The van der Waals surface area contributed by atoms with Crippen LogP contribution in [0.25, 0.3) is 0 Å². The van der Waals surface area contributed by atoms with Crippen LogP contribution in [-0.4, -0.2) is 44.1 Å². The lowest BCUT2D eigenvalue weighted by Crippen LogP contribution is -2.37. The lowest BCUT2D eigenvalue weighted by Gasteiger charge is -2.30. The maximum Gasteiger partial charge on any atom is 0.246 e. The second-order valence-electron chi connectivity index (χ2n) is 7.89. The smallest absolute Gasteiger partial charge is 0.246 e. The number of likely N-dealkylation sites (tertiary alicyclic amines) is 1. The molecule has 3 rings (SSSR count). The summed E-state index contributed by atoms with van der Waals surface area (Å²) in [5.74, 6) is 1.58. The second kappa shape index (κ2) is 11.0. The number of ether oxygens (including phenoxy) is 1. The maximum atomic E-state index is 13.0. The van der Waals surface area contributed by atoms with Gasteiger partial charge in [-0.05, 0) is 81.2 Å². The summed E-state index contributed by atoms with van der Waals surface area (Å²) < 4.78 is 5.18. The first kappa shape index (κ1) is 21.3. The van der Waals surface area contributed by atoms with E-state index in [2.05, 4.69) is 22.5 Å². The van der Waals surface area contributed by atoms with Gasteiger partial charge in [0.05, 0.1) is 7.11 Å². The molecule has 5 nitrogen and oxygen atoms in total. The van der Waals surface area contributed by atoms with Crippen molar-refractivity contribution in [1.29, 1.82) is 0 Å². The van der Waals surface area contributed by atoms with Crippen molar-refractivity contribution in [2.75, 3.05) is 38.6 Å². The van der Waals surface area contributed by atoms with E-state index in [1.54, 1.807) is 7.11 Å². The first-order valence-corrected chi connectivity index (χ1v) is 10.6. The van der Waals surface area contributed by atoms with Gasteiger partial charge in [0.1, 0.15) is 11.8 Å². The summed E-state index contributed by atoms with van der Waals surface area (Å²) >= 11 is 0. The number of nitrogens with one attached hydrogen (secondary N) is 2. The predicted octanol–water partition coefficient (Wildman–Crippen LogP) is 4.09. The lowest BCUT2D eigenvalue weighted by molar-refractivity contribution is -0.118. The van der Waals surface area contributed by atoms with Crippen molar-refractivity contribution in [3.05, 3.63) is 60.2 Å². The lowest BCUT2D eigenvalue weighted by atomic mass is 9.99. The van der Waals surface area contributed by atoms with E-state index in [9.17, 15) is 4.79 Å². The molecule has 1 aliphatic rings. The van der Waals surface area contributed by atoms with Gasteiger partial charge in [0.15, 0.2) is 0 Å². The molecular formula is C24H33N3O2. The third-order valence-electron chi connectivity index (χ3n) is 5.63. The number of amides is 1. The normalized spacial score (nSPS) is 16.3. The van der Waals surface area contributed by atoms with Crippen LogP contribution in [-0.2, 0) is 4.79 Å². The summed E-state index contributed by atoms with van der Waals surface area (Å²) in [5.41, 5.74) is 1.74.